The van der Waals surface area contributed by atoms with E-state index in [1.54, 1.807) is 19.2 Å². The number of benzene rings is 2. The maximum Gasteiger partial charge on any atom is 0.416 e. The molecule has 1 atom stereocenters. The fourth-order valence-electron chi connectivity index (χ4n) is 3.15. The number of hydrogen-bond donors (Lipinski definition) is 2. The van der Waals surface area contributed by atoms with Gasteiger partial charge in [-0.15, -0.1) is 0 Å². The summed E-state index contributed by atoms with van der Waals surface area (Å²) in [6, 6.07) is 8.46. The molecule has 0 aromatic heterocycles. The number of alkyl halides is 6. The SMILES string of the molecule is CNCC(COCc1cc(C(F)(F)F)cc(C(F)(F)F)c1)(NC=O)c1ccc(C)cc1. The van der Waals surface area contributed by atoms with Crippen LogP contribution in [-0.2, 0) is 34.0 Å². The molecule has 2 N–H and O–H groups in total. The molecule has 0 radical (unpaired) electrons. The first-order valence-electron chi connectivity index (χ1n) is 9.20. The van der Waals surface area contributed by atoms with Crippen molar-refractivity contribution >= 4 is 6.41 Å². The predicted octanol–water partition coefficient (Wildman–Crippen LogP) is 4.41. The van der Waals surface area contributed by atoms with Gasteiger partial charge in [-0.3, -0.25) is 4.79 Å². The van der Waals surface area contributed by atoms with Crippen molar-refractivity contribution < 1.29 is 35.9 Å². The van der Waals surface area contributed by atoms with Gasteiger partial charge in [0.2, 0.25) is 6.41 Å². The van der Waals surface area contributed by atoms with Gasteiger partial charge in [-0.05, 0) is 43.3 Å². The maximum atomic E-state index is 13.0. The quantitative estimate of drug-likeness (QED) is 0.442. The van der Waals surface area contributed by atoms with Crippen LogP contribution in [0.2, 0.25) is 0 Å². The summed E-state index contributed by atoms with van der Waals surface area (Å²) in [6.45, 7) is 1.39. The van der Waals surface area contributed by atoms with E-state index in [0.29, 0.717) is 24.1 Å². The molecule has 0 aliphatic carbocycles. The van der Waals surface area contributed by atoms with Crippen LogP contribution in [0.15, 0.2) is 42.5 Å². The summed E-state index contributed by atoms with van der Waals surface area (Å²) in [7, 11) is 1.64. The Morgan fingerprint density at radius 3 is 1.90 bits per heavy atom. The number of rotatable bonds is 9. The van der Waals surface area contributed by atoms with Crippen LogP contribution >= 0.6 is 0 Å². The molecule has 4 nitrogen and oxygen atoms in total. The van der Waals surface area contributed by atoms with Crippen LogP contribution in [0.1, 0.15) is 27.8 Å². The lowest BCUT2D eigenvalue weighted by Gasteiger charge is -2.33. The van der Waals surface area contributed by atoms with E-state index in [4.69, 9.17) is 4.74 Å². The summed E-state index contributed by atoms with van der Waals surface area (Å²) in [4.78, 5) is 11.2. The zero-order valence-corrected chi connectivity index (χ0v) is 16.8. The number of hydrogen-bond acceptors (Lipinski definition) is 3. The molecule has 0 saturated heterocycles. The molecule has 0 aliphatic rings. The first kappa shape index (κ1) is 24.7. The number of ether oxygens (including phenoxy) is 1. The lowest BCUT2D eigenvalue weighted by atomic mass is 9.90. The maximum absolute atomic E-state index is 13.0. The Kier molecular flexibility index (Phi) is 7.72. The second-order valence-electron chi connectivity index (χ2n) is 7.15. The number of aryl methyl sites for hydroxylation is 1. The first-order valence-corrected chi connectivity index (χ1v) is 9.20. The number of nitrogens with one attached hydrogen (secondary N) is 2. The van der Waals surface area contributed by atoms with Crippen LogP contribution in [-0.4, -0.2) is 26.6 Å². The Hall–Kier alpha value is -2.59. The highest BCUT2D eigenvalue weighted by Gasteiger charge is 2.37. The Morgan fingerprint density at radius 2 is 1.45 bits per heavy atom. The van der Waals surface area contributed by atoms with E-state index < -0.39 is 35.6 Å². The Morgan fingerprint density at radius 1 is 0.903 bits per heavy atom. The van der Waals surface area contributed by atoms with Gasteiger partial charge in [-0.25, -0.2) is 0 Å². The van der Waals surface area contributed by atoms with Gasteiger partial charge in [0.1, 0.15) is 5.54 Å². The highest BCUT2D eigenvalue weighted by atomic mass is 19.4. The van der Waals surface area contributed by atoms with E-state index in [1.807, 2.05) is 19.1 Å². The van der Waals surface area contributed by atoms with Crippen molar-refractivity contribution in [1.82, 2.24) is 10.6 Å². The minimum atomic E-state index is -4.94. The summed E-state index contributed by atoms with van der Waals surface area (Å²) in [5, 5.41) is 5.58. The average molecular weight is 448 g/mol. The minimum absolute atomic E-state index is 0.0645. The van der Waals surface area contributed by atoms with Crippen molar-refractivity contribution in [2.45, 2.75) is 31.4 Å². The van der Waals surface area contributed by atoms with E-state index in [-0.39, 0.29) is 24.8 Å². The monoisotopic (exact) mass is 448 g/mol. The molecule has 170 valence electrons. The van der Waals surface area contributed by atoms with Gasteiger partial charge in [-0.1, -0.05) is 29.8 Å². The van der Waals surface area contributed by atoms with Gasteiger partial charge in [0.25, 0.3) is 0 Å². The van der Waals surface area contributed by atoms with Crippen molar-refractivity contribution in [1.29, 1.82) is 0 Å². The van der Waals surface area contributed by atoms with Crippen molar-refractivity contribution in [3.63, 3.8) is 0 Å². The molecule has 1 amide bonds. The highest BCUT2D eigenvalue weighted by molar-refractivity contribution is 5.50. The molecule has 0 spiro atoms. The molecule has 0 heterocycles. The topological polar surface area (TPSA) is 50.4 Å². The average Bonchev–Trinajstić information content (AvgIpc) is 2.67. The van der Waals surface area contributed by atoms with E-state index in [1.165, 1.54) is 0 Å². The van der Waals surface area contributed by atoms with Gasteiger partial charge >= 0.3 is 12.4 Å². The summed E-state index contributed by atoms with van der Waals surface area (Å²) >= 11 is 0. The van der Waals surface area contributed by atoms with E-state index in [9.17, 15) is 31.1 Å². The van der Waals surface area contributed by atoms with Gasteiger partial charge in [0.05, 0.1) is 24.3 Å². The Balaban J connectivity index is 2.30. The number of carbonyl (C=O) groups excluding carboxylic acids is 1. The summed E-state index contributed by atoms with van der Waals surface area (Å²) in [5.74, 6) is 0. The van der Waals surface area contributed by atoms with Crippen LogP contribution in [0, 0.1) is 6.92 Å². The van der Waals surface area contributed by atoms with E-state index in [0.717, 1.165) is 5.56 Å². The molecule has 10 heteroatoms. The lowest BCUT2D eigenvalue weighted by molar-refractivity contribution is -0.143. The molecule has 0 fully saturated rings. The zero-order valence-electron chi connectivity index (χ0n) is 16.8. The third-order valence-corrected chi connectivity index (χ3v) is 4.68. The Bertz CT molecular complexity index is 849. The van der Waals surface area contributed by atoms with Crippen LogP contribution in [0.3, 0.4) is 0 Å². The zero-order chi connectivity index (χ0) is 23.3. The minimum Gasteiger partial charge on any atom is -0.374 e. The molecule has 31 heavy (non-hydrogen) atoms. The number of halogens is 6. The van der Waals surface area contributed by atoms with Gasteiger partial charge in [0, 0.05) is 6.54 Å². The standard InChI is InChI=1S/C21H22F6N2O2/c1-14-3-5-16(6-4-14)19(11-28-2,29-13-30)12-31-10-15-7-17(20(22,23)24)9-18(8-15)21(25,26)27/h3-9,13,28H,10-12H2,1-2H3,(H,29,30). The summed E-state index contributed by atoms with van der Waals surface area (Å²) in [5.41, 5.74) is -2.54. The highest BCUT2D eigenvalue weighted by Crippen LogP contribution is 2.36. The molecule has 0 aliphatic heterocycles. The molecular formula is C21H22F6N2O2. The normalized spacial score (nSPS) is 14.2. The molecular weight excluding hydrogens is 426 g/mol. The molecule has 0 bridgehead atoms. The molecule has 2 aromatic carbocycles. The molecule has 0 saturated carbocycles. The second kappa shape index (κ2) is 9.69. The predicted molar refractivity (Wildman–Crippen MR) is 102 cm³/mol. The van der Waals surface area contributed by atoms with Gasteiger partial charge in [-0.2, -0.15) is 26.3 Å². The van der Waals surface area contributed by atoms with Crippen LogP contribution < -0.4 is 10.6 Å². The molecule has 2 aromatic rings. The van der Waals surface area contributed by atoms with E-state index in [2.05, 4.69) is 10.6 Å². The van der Waals surface area contributed by atoms with Crippen LogP contribution in [0.25, 0.3) is 0 Å². The fourth-order valence-corrected chi connectivity index (χ4v) is 3.15. The first-order chi connectivity index (χ1) is 14.4. The molecule has 1 unspecified atom stereocenters. The Labute approximate surface area is 175 Å². The van der Waals surface area contributed by atoms with Crippen LogP contribution in [0.5, 0.6) is 0 Å². The molecule has 2 rings (SSSR count). The van der Waals surface area contributed by atoms with Crippen molar-refractivity contribution in [3.8, 4) is 0 Å². The fraction of sp³-hybridized carbons (Fsp3) is 0.381. The third-order valence-electron chi connectivity index (χ3n) is 4.68. The number of carbonyl (C=O) groups is 1. The van der Waals surface area contributed by atoms with Gasteiger partial charge < -0.3 is 15.4 Å². The van der Waals surface area contributed by atoms with Crippen molar-refractivity contribution in [2.24, 2.45) is 0 Å². The van der Waals surface area contributed by atoms with Crippen LogP contribution in [0.4, 0.5) is 26.3 Å². The van der Waals surface area contributed by atoms with Crippen molar-refractivity contribution in [2.75, 3.05) is 20.2 Å². The third kappa shape index (κ3) is 6.44. The number of amides is 1. The van der Waals surface area contributed by atoms with E-state index >= 15 is 0 Å². The van der Waals surface area contributed by atoms with Gasteiger partial charge in [0.15, 0.2) is 0 Å². The smallest absolute Gasteiger partial charge is 0.374 e. The summed E-state index contributed by atoms with van der Waals surface area (Å²) < 4.78 is 83.7. The van der Waals surface area contributed by atoms with Crippen molar-refractivity contribution in [3.05, 3.63) is 70.3 Å². The summed E-state index contributed by atoms with van der Waals surface area (Å²) in [6.07, 6.45) is -9.41. The number of likely N-dealkylation sites (N-methyl/N-ethyl adjacent to an activating group) is 1. The second-order valence-corrected chi connectivity index (χ2v) is 7.15. The lowest BCUT2D eigenvalue weighted by Crippen LogP contribution is -2.52. The largest absolute Gasteiger partial charge is 0.416 e.